The molecule has 0 radical (unpaired) electrons. The zero-order valence-corrected chi connectivity index (χ0v) is 18.5. The number of carbonyl (C=O) groups excluding carboxylic acids is 1. The highest BCUT2D eigenvalue weighted by Gasteiger charge is 2.22. The quantitative estimate of drug-likeness (QED) is 0.181. The van der Waals surface area contributed by atoms with E-state index < -0.39 is 30.4 Å². The number of alkyl carbamates (subject to hydrolysis) is 1. The van der Waals surface area contributed by atoms with Crippen molar-refractivity contribution in [1.29, 1.82) is 0 Å². The van der Waals surface area contributed by atoms with Crippen molar-refractivity contribution in [3.63, 3.8) is 0 Å². The summed E-state index contributed by atoms with van der Waals surface area (Å²) in [5.74, 6) is 0. The van der Waals surface area contributed by atoms with Gasteiger partial charge < -0.3 is 20.3 Å². The first-order valence-electron chi connectivity index (χ1n) is 12.0. The van der Waals surface area contributed by atoms with Gasteiger partial charge >= 0.3 is 6.09 Å². The van der Waals surface area contributed by atoms with Gasteiger partial charge in [-0.2, -0.15) is 0 Å². The van der Waals surface area contributed by atoms with Crippen molar-refractivity contribution in [2.24, 2.45) is 0 Å². The predicted molar refractivity (Wildman–Crippen MR) is 116 cm³/mol. The summed E-state index contributed by atoms with van der Waals surface area (Å²) >= 11 is 0. The molecule has 0 aliphatic carbocycles. The lowest BCUT2D eigenvalue weighted by Crippen LogP contribution is -2.47. The van der Waals surface area contributed by atoms with Crippen molar-refractivity contribution >= 4 is 6.09 Å². The third-order valence-corrected chi connectivity index (χ3v) is 4.46. The van der Waals surface area contributed by atoms with Gasteiger partial charge in [0.1, 0.15) is 5.60 Å². The van der Waals surface area contributed by atoms with E-state index in [2.05, 4.69) is 12.2 Å². The molecule has 0 unspecified atom stereocenters. The highest BCUT2D eigenvalue weighted by Crippen LogP contribution is 2.12. The highest BCUT2D eigenvalue weighted by molar-refractivity contribution is 5.68. The normalized spacial score (nSPS) is 15.8. The molecule has 0 heterocycles. The molecule has 5 heteroatoms. The number of aliphatic hydroxyl groups excluding tert-OH is 1. The van der Waals surface area contributed by atoms with Crippen LogP contribution in [0.25, 0.3) is 0 Å². The summed E-state index contributed by atoms with van der Waals surface area (Å²) in [5, 5.41) is 22.1. The molecule has 0 aliphatic rings. The summed E-state index contributed by atoms with van der Waals surface area (Å²) in [7, 11) is 0. The van der Waals surface area contributed by atoms with Crippen LogP contribution in [0.15, 0.2) is 12.2 Å². The van der Waals surface area contributed by atoms with E-state index in [0.717, 1.165) is 19.3 Å². The number of ether oxygens (including phenoxy) is 1. The van der Waals surface area contributed by atoms with Crippen molar-refractivity contribution in [1.82, 2.24) is 5.32 Å². The molecule has 0 aromatic rings. The number of rotatable bonds is 16. The van der Waals surface area contributed by atoms with Gasteiger partial charge in [-0.1, -0.05) is 83.3 Å². The van der Waals surface area contributed by atoms with Gasteiger partial charge in [0.2, 0.25) is 0 Å². The van der Waals surface area contributed by atoms with Crippen LogP contribution in [0.3, 0.4) is 0 Å². The van der Waals surface area contributed by atoms with Gasteiger partial charge in [-0.05, 0) is 33.6 Å². The van der Waals surface area contributed by atoms with Crippen molar-refractivity contribution in [2.45, 2.75) is 122 Å². The number of unbranched alkanes of at least 4 members (excludes halogenated alkanes) is 11. The minimum absolute atomic E-state index is 0.757. The molecule has 0 aromatic heterocycles. The predicted octanol–water partition coefficient (Wildman–Crippen LogP) is 5.49. The Labute approximate surface area is 175 Å². The monoisotopic (exact) mass is 403 g/mol. The van der Waals surface area contributed by atoms with E-state index in [1.165, 1.54) is 63.9 Å². The number of hydrogen-bond acceptors (Lipinski definition) is 4. The Kier molecular flexibility index (Phi) is 14.0. The minimum Gasteiger partial charge on any atom is -0.444 e. The van der Waals surface area contributed by atoms with Crippen LogP contribution in [0.5, 0.6) is 0 Å². The van der Waals surface area contributed by atoms with E-state index in [0.29, 0.717) is 0 Å². The van der Waals surface area contributed by atoms with Crippen molar-refractivity contribution < 1.29 is 22.5 Å². The van der Waals surface area contributed by atoms with Gasteiger partial charge in [0.05, 0.1) is 21.4 Å². The molecule has 2 atom stereocenters. The number of amides is 1. The summed E-state index contributed by atoms with van der Waals surface area (Å²) in [6.07, 6.45) is 15.6. The Morgan fingerprint density at radius 3 is 2.00 bits per heavy atom. The molecule has 166 valence electrons. The topological polar surface area (TPSA) is 78.8 Å². The zero-order valence-electron chi connectivity index (χ0n) is 20.5. The lowest BCUT2D eigenvalue weighted by molar-refractivity contribution is 0.0405. The van der Waals surface area contributed by atoms with E-state index in [9.17, 15) is 15.0 Å². The van der Waals surface area contributed by atoms with Gasteiger partial charge in [0, 0.05) is 0 Å². The van der Waals surface area contributed by atoms with E-state index >= 15 is 0 Å². The molecule has 0 saturated carbocycles. The van der Waals surface area contributed by atoms with Crippen molar-refractivity contribution in [2.75, 3.05) is 6.56 Å². The summed E-state index contributed by atoms with van der Waals surface area (Å²) in [4.78, 5) is 11.9. The first-order valence-corrected chi connectivity index (χ1v) is 11.0. The molecule has 28 heavy (non-hydrogen) atoms. The van der Waals surface area contributed by atoms with Gasteiger partial charge in [0.15, 0.2) is 0 Å². The van der Waals surface area contributed by atoms with Crippen LogP contribution in [-0.2, 0) is 4.74 Å². The molecular formula is C23H45NO4. The van der Waals surface area contributed by atoms with Crippen LogP contribution in [0.1, 0.15) is 107 Å². The van der Waals surface area contributed by atoms with Gasteiger partial charge in [-0.15, -0.1) is 0 Å². The van der Waals surface area contributed by atoms with Crippen LogP contribution in [0.2, 0.25) is 0 Å². The Balaban J connectivity index is 4.06. The maximum Gasteiger partial charge on any atom is 0.408 e. The molecule has 0 fully saturated rings. The smallest absolute Gasteiger partial charge is 0.408 e. The van der Waals surface area contributed by atoms with Gasteiger partial charge in [0.25, 0.3) is 0 Å². The van der Waals surface area contributed by atoms with E-state index in [1.807, 2.05) is 0 Å². The molecular weight excluding hydrogens is 356 g/mol. The molecule has 0 spiro atoms. The third kappa shape index (κ3) is 17.1. The first-order chi connectivity index (χ1) is 14.0. The molecule has 0 saturated heterocycles. The fourth-order valence-corrected chi connectivity index (χ4v) is 2.90. The van der Waals surface area contributed by atoms with Crippen LogP contribution < -0.4 is 5.32 Å². The molecule has 5 nitrogen and oxygen atoms in total. The van der Waals surface area contributed by atoms with E-state index in [4.69, 9.17) is 7.48 Å². The lowest BCUT2D eigenvalue weighted by Gasteiger charge is -2.24. The molecule has 0 aromatic carbocycles. The second-order valence-corrected chi connectivity index (χ2v) is 8.50. The molecule has 0 rings (SSSR count). The van der Waals surface area contributed by atoms with Gasteiger partial charge in [-0.3, -0.25) is 0 Å². The molecule has 3 N–H and O–H groups in total. The maximum absolute atomic E-state index is 11.9. The van der Waals surface area contributed by atoms with Crippen LogP contribution in [-0.4, -0.2) is 40.6 Å². The third-order valence-electron chi connectivity index (χ3n) is 4.46. The Morgan fingerprint density at radius 2 is 1.54 bits per heavy atom. The fraction of sp³-hybridized carbons (Fsp3) is 0.870. The fourth-order valence-electron chi connectivity index (χ4n) is 2.90. The minimum atomic E-state index is -2.78. The number of allylic oxidation sites excluding steroid dienone is 1. The SMILES string of the molecule is [2H][13C]([2H])(O)[13C@@H](NC(=O)OC(C)(C)C)[C@H](O)/C=C/CCCCCCCCCCCCC. The van der Waals surface area contributed by atoms with E-state index in [1.54, 1.807) is 26.8 Å². The maximum atomic E-state index is 11.9. The summed E-state index contributed by atoms with van der Waals surface area (Å²) in [6, 6.07) is -1.51. The second kappa shape index (κ2) is 16.8. The largest absolute Gasteiger partial charge is 0.444 e. The lowest BCUT2D eigenvalue weighted by atomic mass is 10.1. The standard InChI is InChI=1S/C23H45NO4/c1-5-6-7-8-9-10-11-12-13-14-15-16-17-18-21(26)20(19-25)24-22(27)28-23(2,3)4/h17-18,20-21,25-26H,5-16,19H2,1-4H3,(H,24,27)/b18-17+/t20-,21-/m1/s1/i19+1D2,20+1. The average molecular weight is 404 g/mol. The Bertz CT molecular complexity index is 473. The summed E-state index contributed by atoms with van der Waals surface area (Å²) < 4.78 is 20.0. The van der Waals surface area contributed by atoms with Crippen LogP contribution >= 0.6 is 0 Å². The first kappa shape index (κ1) is 23.2. The number of carbonyl (C=O) groups is 1. The summed E-state index contributed by atoms with van der Waals surface area (Å²) in [6.45, 7) is 4.49. The van der Waals surface area contributed by atoms with Crippen molar-refractivity contribution in [3.8, 4) is 0 Å². The number of aliphatic hydroxyl groups is 2. The average Bonchev–Trinajstić information content (AvgIpc) is 2.61. The molecule has 1 amide bonds. The number of hydrogen-bond donors (Lipinski definition) is 3. The molecule has 0 aliphatic heterocycles. The van der Waals surface area contributed by atoms with Gasteiger partial charge in [-0.25, -0.2) is 4.79 Å². The van der Waals surface area contributed by atoms with E-state index in [-0.39, 0.29) is 0 Å². The molecule has 0 bridgehead atoms. The van der Waals surface area contributed by atoms with Crippen LogP contribution in [0, 0.1) is 0 Å². The Morgan fingerprint density at radius 1 is 1.04 bits per heavy atom. The highest BCUT2D eigenvalue weighted by atomic mass is 16.6. The van der Waals surface area contributed by atoms with Crippen molar-refractivity contribution in [3.05, 3.63) is 12.2 Å². The van der Waals surface area contributed by atoms with Crippen LogP contribution in [0.4, 0.5) is 4.79 Å². The Hall–Kier alpha value is -1.07. The summed E-state index contributed by atoms with van der Waals surface area (Å²) in [5.41, 5.74) is -0.757. The number of nitrogens with one attached hydrogen (secondary N) is 1. The zero-order chi connectivity index (χ0) is 23.0. The second-order valence-electron chi connectivity index (χ2n) is 8.50.